The van der Waals surface area contributed by atoms with Crippen LogP contribution in [0.15, 0.2) is 30.3 Å². The summed E-state index contributed by atoms with van der Waals surface area (Å²) in [5.74, 6) is 0. The molecule has 1 N–H and O–H groups in total. The zero-order valence-corrected chi connectivity index (χ0v) is 10.2. The summed E-state index contributed by atoms with van der Waals surface area (Å²) in [5.41, 5.74) is 0.823. The van der Waals surface area contributed by atoms with Crippen LogP contribution >= 0.6 is 0 Å². The van der Waals surface area contributed by atoms with Crippen LogP contribution in [0, 0.1) is 0 Å². The molecule has 0 bridgehead atoms. The van der Waals surface area contributed by atoms with Crippen molar-refractivity contribution in [3.63, 3.8) is 0 Å². The van der Waals surface area contributed by atoms with Gasteiger partial charge in [0, 0.05) is 5.69 Å². The molecule has 4 heteroatoms. The molecular weight excluding hydrogens is 216 g/mol. The SMILES string of the molecule is C[C@@H]1COC[C@@H](C)N1C(=O)Nc1ccccc1. The van der Waals surface area contributed by atoms with E-state index < -0.39 is 0 Å². The molecule has 4 nitrogen and oxygen atoms in total. The first-order chi connectivity index (χ1) is 8.18. The van der Waals surface area contributed by atoms with Crippen molar-refractivity contribution in [2.45, 2.75) is 25.9 Å². The number of para-hydroxylation sites is 1. The highest BCUT2D eigenvalue weighted by molar-refractivity contribution is 5.89. The van der Waals surface area contributed by atoms with E-state index in [4.69, 9.17) is 4.74 Å². The fourth-order valence-electron chi connectivity index (χ4n) is 2.11. The molecule has 2 amide bonds. The zero-order chi connectivity index (χ0) is 12.3. The Morgan fingerprint density at radius 2 is 1.82 bits per heavy atom. The van der Waals surface area contributed by atoms with Gasteiger partial charge in [-0.25, -0.2) is 4.79 Å². The molecule has 0 aromatic heterocycles. The third-order valence-electron chi connectivity index (χ3n) is 2.93. The summed E-state index contributed by atoms with van der Waals surface area (Å²) in [7, 11) is 0. The standard InChI is InChI=1S/C13H18N2O2/c1-10-8-17-9-11(2)15(10)13(16)14-12-6-4-3-5-7-12/h3-7,10-11H,8-9H2,1-2H3,(H,14,16)/t10-,11-/m1/s1. The normalized spacial score (nSPS) is 24.5. The highest BCUT2D eigenvalue weighted by atomic mass is 16.5. The summed E-state index contributed by atoms with van der Waals surface area (Å²) in [4.78, 5) is 14.0. The second-order valence-corrected chi connectivity index (χ2v) is 4.44. The van der Waals surface area contributed by atoms with Gasteiger partial charge in [-0.15, -0.1) is 0 Å². The van der Waals surface area contributed by atoms with E-state index in [1.807, 2.05) is 49.1 Å². The number of carbonyl (C=O) groups is 1. The first-order valence-corrected chi connectivity index (χ1v) is 5.90. The molecular formula is C13H18N2O2. The van der Waals surface area contributed by atoms with Crippen LogP contribution in [0.1, 0.15) is 13.8 Å². The van der Waals surface area contributed by atoms with Gasteiger partial charge in [0.1, 0.15) is 0 Å². The lowest BCUT2D eigenvalue weighted by atomic mass is 10.2. The number of hydrogen-bond acceptors (Lipinski definition) is 2. The van der Waals surface area contributed by atoms with E-state index in [1.165, 1.54) is 0 Å². The molecule has 0 unspecified atom stereocenters. The third-order valence-corrected chi connectivity index (χ3v) is 2.93. The van der Waals surface area contributed by atoms with E-state index >= 15 is 0 Å². The van der Waals surface area contributed by atoms with Gasteiger partial charge in [-0.1, -0.05) is 18.2 Å². The highest BCUT2D eigenvalue weighted by Gasteiger charge is 2.29. The van der Waals surface area contributed by atoms with E-state index in [0.717, 1.165) is 5.69 Å². The number of anilines is 1. The van der Waals surface area contributed by atoms with E-state index in [-0.39, 0.29) is 18.1 Å². The van der Waals surface area contributed by atoms with Crippen molar-refractivity contribution in [3.8, 4) is 0 Å². The minimum Gasteiger partial charge on any atom is -0.377 e. The van der Waals surface area contributed by atoms with Gasteiger partial charge in [0.15, 0.2) is 0 Å². The zero-order valence-electron chi connectivity index (χ0n) is 10.2. The van der Waals surface area contributed by atoms with Crippen molar-refractivity contribution in [2.75, 3.05) is 18.5 Å². The number of ether oxygens (including phenoxy) is 1. The first-order valence-electron chi connectivity index (χ1n) is 5.90. The molecule has 92 valence electrons. The predicted molar refractivity (Wildman–Crippen MR) is 67.0 cm³/mol. The topological polar surface area (TPSA) is 41.6 Å². The number of benzene rings is 1. The van der Waals surface area contributed by atoms with Crippen LogP contribution in [0.5, 0.6) is 0 Å². The molecule has 2 atom stereocenters. The van der Waals surface area contributed by atoms with Gasteiger partial charge in [0.25, 0.3) is 0 Å². The molecule has 0 radical (unpaired) electrons. The van der Waals surface area contributed by atoms with Crippen LogP contribution in [-0.4, -0.2) is 36.2 Å². The van der Waals surface area contributed by atoms with Crippen molar-refractivity contribution >= 4 is 11.7 Å². The smallest absolute Gasteiger partial charge is 0.322 e. The average Bonchev–Trinajstić information content (AvgIpc) is 2.30. The Hall–Kier alpha value is -1.55. The van der Waals surface area contributed by atoms with Crippen molar-refractivity contribution in [2.24, 2.45) is 0 Å². The molecule has 0 saturated carbocycles. The Morgan fingerprint density at radius 3 is 2.41 bits per heavy atom. The van der Waals surface area contributed by atoms with Crippen molar-refractivity contribution < 1.29 is 9.53 Å². The number of morpholine rings is 1. The van der Waals surface area contributed by atoms with Crippen LogP contribution in [0.3, 0.4) is 0 Å². The monoisotopic (exact) mass is 234 g/mol. The first kappa shape index (κ1) is 11.9. The second kappa shape index (κ2) is 5.19. The maximum Gasteiger partial charge on any atom is 0.322 e. The molecule has 1 aliphatic rings. The average molecular weight is 234 g/mol. The number of amides is 2. The summed E-state index contributed by atoms with van der Waals surface area (Å²) >= 11 is 0. The van der Waals surface area contributed by atoms with Crippen LogP contribution in [0.4, 0.5) is 10.5 Å². The Kier molecular flexibility index (Phi) is 3.64. The van der Waals surface area contributed by atoms with E-state index in [0.29, 0.717) is 13.2 Å². The van der Waals surface area contributed by atoms with Gasteiger partial charge in [-0.2, -0.15) is 0 Å². The Morgan fingerprint density at radius 1 is 1.24 bits per heavy atom. The predicted octanol–water partition coefficient (Wildman–Crippen LogP) is 2.33. The molecule has 0 spiro atoms. The largest absolute Gasteiger partial charge is 0.377 e. The van der Waals surface area contributed by atoms with Gasteiger partial charge in [0.05, 0.1) is 25.3 Å². The minimum absolute atomic E-state index is 0.0560. The van der Waals surface area contributed by atoms with Crippen molar-refractivity contribution in [3.05, 3.63) is 30.3 Å². The van der Waals surface area contributed by atoms with Gasteiger partial charge >= 0.3 is 6.03 Å². The lowest BCUT2D eigenvalue weighted by Gasteiger charge is -2.38. The number of rotatable bonds is 1. The van der Waals surface area contributed by atoms with E-state index in [2.05, 4.69) is 5.32 Å². The summed E-state index contributed by atoms with van der Waals surface area (Å²) < 4.78 is 5.40. The summed E-state index contributed by atoms with van der Waals surface area (Å²) in [6.45, 7) is 5.21. The molecule has 2 rings (SSSR count). The number of nitrogens with one attached hydrogen (secondary N) is 1. The van der Waals surface area contributed by atoms with Gasteiger partial charge in [-0.3, -0.25) is 0 Å². The Labute approximate surface area is 102 Å². The Balaban J connectivity index is 2.04. The maximum absolute atomic E-state index is 12.1. The second-order valence-electron chi connectivity index (χ2n) is 4.44. The lowest BCUT2D eigenvalue weighted by Crippen LogP contribution is -2.53. The fraction of sp³-hybridized carbons (Fsp3) is 0.462. The van der Waals surface area contributed by atoms with Crippen LogP contribution in [-0.2, 0) is 4.74 Å². The van der Waals surface area contributed by atoms with E-state index in [9.17, 15) is 4.79 Å². The van der Waals surface area contributed by atoms with Crippen LogP contribution < -0.4 is 5.32 Å². The summed E-state index contributed by atoms with van der Waals surface area (Å²) in [5, 5.41) is 2.90. The minimum atomic E-state index is -0.0560. The number of nitrogens with zero attached hydrogens (tertiary/aromatic N) is 1. The van der Waals surface area contributed by atoms with Gasteiger partial charge in [0.2, 0.25) is 0 Å². The third kappa shape index (κ3) is 2.77. The molecule has 1 aliphatic heterocycles. The van der Waals surface area contributed by atoms with Gasteiger partial charge in [-0.05, 0) is 26.0 Å². The van der Waals surface area contributed by atoms with Crippen molar-refractivity contribution in [1.82, 2.24) is 4.90 Å². The molecule has 1 aromatic carbocycles. The molecule has 1 aromatic rings. The molecule has 1 heterocycles. The summed E-state index contributed by atoms with van der Waals surface area (Å²) in [6, 6.07) is 9.67. The quantitative estimate of drug-likeness (QED) is 0.810. The molecule has 1 fully saturated rings. The highest BCUT2D eigenvalue weighted by Crippen LogP contribution is 2.15. The lowest BCUT2D eigenvalue weighted by molar-refractivity contribution is -0.0111. The summed E-state index contributed by atoms with van der Waals surface area (Å²) in [6.07, 6.45) is 0. The maximum atomic E-state index is 12.1. The van der Waals surface area contributed by atoms with Crippen LogP contribution in [0.25, 0.3) is 0 Å². The number of hydrogen-bond donors (Lipinski definition) is 1. The van der Waals surface area contributed by atoms with E-state index in [1.54, 1.807) is 0 Å². The number of urea groups is 1. The fourth-order valence-corrected chi connectivity index (χ4v) is 2.11. The van der Waals surface area contributed by atoms with Crippen molar-refractivity contribution in [1.29, 1.82) is 0 Å². The molecule has 0 aliphatic carbocycles. The molecule has 17 heavy (non-hydrogen) atoms. The van der Waals surface area contributed by atoms with Crippen LogP contribution in [0.2, 0.25) is 0 Å². The number of carbonyl (C=O) groups excluding carboxylic acids is 1. The Bertz CT molecular complexity index is 370. The molecule has 1 saturated heterocycles. The van der Waals surface area contributed by atoms with Gasteiger partial charge < -0.3 is 15.0 Å².